The molecule has 330 valence electrons. The summed E-state index contributed by atoms with van der Waals surface area (Å²) in [5.41, 5.74) is 23.3. The molecule has 0 aromatic heterocycles. The normalized spacial score (nSPS) is 11.0. The van der Waals surface area contributed by atoms with E-state index in [2.05, 4.69) is 292 Å². The Kier molecular flexibility index (Phi) is 12.3. The van der Waals surface area contributed by atoms with E-state index in [1.54, 1.807) is 0 Å². The van der Waals surface area contributed by atoms with E-state index in [0.29, 0.717) is 0 Å². The molecule has 0 aliphatic carbocycles. The molecule has 3 nitrogen and oxygen atoms in total. The summed E-state index contributed by atoms with van der Waals surface area (Å²) >= 11 is 0. The van der Waals surface area contributed by atoms with E-state index in [1.165, 1.54) is 50.1 Å². The van der Waals surface area contributed by atoms with Gasteiger partial charge in [-0.1, -0.05) is 161 Å². The summed E-state index contributed by atoms with van der Waals surface area (Å²) in [6.45, 7) is 10.7. The molecule has 0 aliphatic heterocycles. The SMILES string of the molecule is Cc1ccc(-c2ccc(N(c3ccc(-c4ccc(N(c5ccc(C)cc5)c5ccc(C)cc5)cc4)cc3)c3ccc(-c4ccc(N(c5ccc(C)cc5)c5ccc(C)cc5)cc4)cc3)cc2)cc1. The van der Waals surface area contributed by atoms with Crippen LogP contribution in [0.4, 0.5) is 51.2 Å². The van der Waals surface area contributed by atoms with Gasteiger partial charge in [-0.05, 0) is 177 Å². The van der Waals surface area contributed by atoms with Crippen molar-refractivity contribution >= 4 is 51.2 Å². The third-order valence-corrected chi connectivity index (χ3v) is 12.8. The lowest BCUT2D eigenvalue weighted by molar-refractivity contribution is 1.27. The third-order valence-electron chi connectivity index (χ3n) is 12.8. The molecule has 0 saturated heterocycles. The first kappa shape index (κ1) is 43.5. The molecule has 0 spiro atoms. The lowest BCUT2D eigenvalue weighted by Crippen LogP contribution is -2.10. The second-order valence-electron chi connectivity index (χ2n) is 17.9. The molecule has 0 unspecified atom stereocenters. The molecule has 0 saturated carbocycles. The second-order valence-corrected chi connectivity index (χ2v) is 17.9. The average Bonchev–Trinajstić information content (AvgIpc) is 3.38. The van der Waals surface area contributed by atoms with E-state index in [-0.39, 0.29) is 0 Å². The number of aryl methyl sites for hydroxylation is 5. The molecule has 0 fully saturated rings. The standard InChI is InChI=1S/C65H55N3/c1-46-6-16-51(17-7-46)52-18-36-63(37-19-52)68(64-42-24-55(25-43-64)53-20-38-61(39-21-53)66(57-28-8-47(2)9-29-57)58-30-10-48(3)11-31-58)65-44-26-56(27-45-65)54-22-40-62(41-23-54)67(59-32-12-49(4)13-33-59)60-34-14-50(5)15-35-60/h6-45H,1-5H3. The van der Waals surface area contributed by atoms with Crippen LogP contribution in [0.2, 0.25) is 0 Å². The Hall–Kier alpha value is -8.40. The van der Waals surface area contributed by atoms with Crippen LogP contribution in [0, 0.1) is 34.6 Å². The minimum atomic E-state index is 1.09. The molecule has 10 aromatic rings. The summed E-state index contributed by atoms with van der Waals surface area (Å²) in [5.74, 6) is 0. The zero-order valence-corrected chi connectivity index (χ0v) is 39.4. The number of benzene rings is 10. The Morgan fingerprint density at radius 2 is 0.250 bits per heavy atom. The van der Waals surface area contributed by atoms with Crippen LogP contribution in [0.25, 0.3) is 33.4 Å². The number of nitrogens with zero attached hydrogens (tertiary/aromatic N) is 3. The van der Waals surface area contributed by atoms with E-state index in [0.717, 1.165) is 62.3 Å². The summed E-state index contributed by atoms with van der Waals surface area (Å²) < 4.78 is 0. The first-order chi connectivity index (χ1) is 33.2. The van der Waals surface area contributed by atoms with Crippen molar-refractivity contribution in [1.82, 2.24) is 0 Å². The van der Waals surface area contributed by atoms with Gasteiger partial charge in [0, 0.05) is 51.2 Å². The van der Waals surface area contributed by atoms with Crippen LogP contribution in [0.1, 0.15) is 27.8 Å². The van der Waals surface area contributed by atoms with Gasteiger partial charge in [0.2, 0.25) is 0 Å². The summed E-state index contributed by atoms with van der Waals surface area (Å²) in [5, 5.41) is 0. The largest absolute Gasteiger partial charge is 0.311 e. The average molecular weight is 878 g/mol. The van der Waals surface area contributed by atoms with E-state index in [1.807, 2.05) is 0 Å². The van der Waals surface area contributed by atoms with Gasteiger partial charge in [-0.15, -0.1) is 0 Å². The molecule has 0 aliphatic rings. The molecule has 0 amide bonds. The Morgan fingerprint density at radius 1 is 0.147 bits per heavy atom. The number of hydrogen-bond donors (Lipinski definition) is 0. The second kappa shape index (κ2) is 19.2. The highest BCUT2D eigenvalue weighted by molar-refractivity contribution is 5.84. The highest BCUT2D eigenvalue weighted by atomic mass is 15.2. The van der Waals surface area contributed by atoms with E-state index in [4.69, 9.17) is 0 Å². The lowest BCUT2D eigenvalue weighted by atomic mass is 10.0. The van der Waals surface area contributed by atoms with Crippen LogP contribution in [-0.4, -0.2) is 0 Å². The van der Waals surface area contributed by atoms with Crippen molar-refractivity contribution in [2.45, 2.75) is 34.6 Å². The summed E-state index contributed by atoms with van der Waals surface area (Å²) in [6, 6.07) is 88.4. The molecule has 0 heterocycles. The molecule has 0 N–H and O–H groups in total. The Balaban J connectivity index is 0.948. The molecule has 0 radical (unpaired) electrons. The molecular formula is C65H55N3. The fraction of sp³-hybridized carbons (Fsp3) is 0.0769. The zero-order chi connectivity index (χ0) is 46.6. The smallest absolute Gasteiger partial charge is 0.0462 e. The maximum Gasteiger partial charge on any atom is 0.0462 e. The quantitative estimate of drug-likeness (QED) is 0.121. The van der Waals surface area contributed by atoms with Crippen molar-refractivity contribution in [3.8, 4) is 33.4 Å². The van der Waals surface area contributed by atoms with Gasteiger partial charge in [-0.2, -0.15) is 0 Å². The number of anilines is 9. The van der Waals surface area contributed by atoms with Crippen molar-refractivity contribution < 1.29 is 0 Å². The van der Waals surface area contributed by atoms with Crippen molar-refractivity contribution in [3.05, 3.63) is 270 Å². The van der Waals surface area contributed by atoms with Crippen LogP contribution in [-0.2, 0) is 0 Å². The number of hydrogen-bond acceptors (Lipinski definition) is 3. The minimum absolute atomic E-state index is 1.09. The van der Waals surface area contributed by atoms with Gasteiger partial charge in [0.05, 0.1) is 0 Å². The predicted molar refractivity (Wildman–Crippen MR) is 290 cm³/mol. The van der Waals surface area contributed by atoms with Crippen molar-refractivity contribution in [3.63, 3.8) is 0 Å². The lowest BCUT2D eigenvalue weighted by Gasteiger charge is -2.27. The topological polar surface area (TPSA) is 9.72 Å². The van der Waals surface area contributed by atoms with Crippen LogP contribution in [0.3, 0.4) is 0 Å². The minimum Gasteiger partial charge on any atom is -0.311 e. The number of rotatable bonds is 12. The van der Waals surface area contributed by atoms with Gasteiger partial charge in [0.25, 0.3) is 0 Å². The first-order valence-electron chi connectivity index (χ1n) is 23.5. The van der Waals surface area contributed by atoms with Gasteiger partial charge in [-0.3, -0.25) is 0 Å². The monoisotopic (exact) mass is 877 g/mol. The van der Waals surface area contributed by atoms with Crippen molar-refractivity contribution in [2.75, 3.05) is 14.7 Å². The Labute approximate surface area is 402 Å². The van der Waals surface area contributed by atoms with Crippen LogP contribution < -0.4 is 14.7 Å². The van der Waals surface area contributed by atoms with Crippen LogP contribution in [0.15, 0.2) is 243 Å². The Bertz CT molecular complexity index is 2960. The van der Waals surface area contributed by atoms with E-state index >= 15 is 0 Å². The fourth-order valence-electron chi connectivity index (χ4n) is 8.88. The fourth-order valence-corrected chi connectivity index (χ4v) is 8.88. The summed E-state index contributed by atoms with van der Waals surface area (Å²) in [7, 11) is 0. The maximum atomic E-state index is 2.35. The van der Waals surface area contributed by atoms with E-state index < -0.39 is 0 Å². The van der Waals surface area contributed by atoms with Gasteiger partial charge < -0.3 is 14.7 Å². The van der Waals surface area contributed by atoms with E-state index in [9.17, 15) is 0 Å². The molecule has 68 heavy (non-hydrogen) atoms. The zero-order valence-electron chi connectivity index (χ0n) is 39.4. The molecule has 0 bridgehead atoms. The van der Waals surface area contributed by atoms with Crippen LogP contribution in [0.5, 0.6) is 0 Å². The summed E-state index contributed by atoms with van der Waals surface area (Å²) in [4.78, 5) is 6.99. The molecular weight excluding hydrogens is 823 g/mol. The predicted octanol–water partition coefficient (Wildman–Crippen LogP) is 18.6. The van der Waals surface area contributed by atoms with Crippen molar-refractivity contribution in [1.29, 1.82) is 0 Å². The van der Waals surface area contributed by atoms with Gasteiger partial charge >= 0.3 is 0 Å². The van der Waals surface area contributed by atoms with Gasteiger partial charge in [0.15, 0.2) is 0 Å². The van der Waals surface area contributed by atoms with Crippen LogP contribution >= 0.6 is 0 Å². The third kappa shape index (κ3) is 9.47. The summed E-state index contributed by atoms with van der Waals surface area (Å²) in [6.07, 6.45) is 0. The highest BCUT2D eigenvalue weighted by Crippen LogP contribution is 2.41. The van der Waals surface area contributed by atoms with Gasteiger partial charge in [0.1, 0.15) is 0 Å². The molecule has 3 heteroatoms. The maximum absolute atomic E-state index is 2.35. The Morgan fingerprint density at radius 3 is 0.397 bits per heavy atom. The molecule has 10 aromatic carbocycles. The molecule has 10 rings (SSSR count). The molecule has 0 atom stereocenters. The highest BCUT2D eigenvalue weighted by Gasteiger charge is 2.17. The van der Waals surface area contributed by atoms with Gasteiger partial charge in [-0.25, -0.2) is 0 Å². The first-order valence-corrected chi connectivity index (χ1v) is 23.5. The van der Waals surface area contributed by atoms with Crippen molar-refractivity contribution in [2.24, 2.45) is 0 Å².